The van der Waals surface area contributed by atoms with E-state index in [4.69, 9.17) is 5.11 Å². The number of rotatable bonds is 5. The number of carbonyl (C=O) groups is 2. The van der Waals surface area contributed by atoms with E-state index >= 15 is 0 Å². The maximum atomic E-state index is 12.2. The highest BCUT2D eigenvalue weighted by Gasteiger charge is 2.68. The van der Waals surface area contributed by atoms with Crippen LogP contribution in [0, 0.1) is 22.7 Å². The molecule has 2 saturated carbocycles. The van der Waals surface area contributed by atoms with Gasteiger partial charge in [-0.15, -0.1) is 0 Å². The summed E-state index contributed by atoms with van der Waals surface area (Å²) in [4.78, 5) is 23.3. The summed E-state index contributed by atoms with van der Waals surface area (Å²) >= 11 is 0. The molecule has 0 saturated heterocycles. The van der Waals surface area contributed by atoms with Crippen LogP contribution in [0.3, 0.4) is 0 Å². The van der Waals surface area contributed by atoms with Crippen LogP contribution in [0.25, 0.3) is 0 Å². The Morgan fingerprint density at radius 2 is 1.72 bits per heavy atom. The van der Waals surface area contributed by atoms with Crippen LogP contribution < -0.4 is 5.32 Å². The minimum atomic E-state index is -0.911. The van der Waals surface area contributed by atoms with Crippen molar-refractivity contribution >= 4 is 11.9 Å². The maximum Gasteiger partial charge on any atom is 0.326 e. The molecule has 18 heavy (non-hydrogen) atoms. The van der Waals surface area contributed by atoms with Gasteiger partial charge < -0.3 is 10.4 Å². The minimum absolute atomic E-state index is 0.0419. The summed E-state index contributed by atoms with van der Waals surface area (Å²) < 4.78 is 0. The zero-order valence-corrected chi connectivity index (χ0v) is 11.6. The molecule has 2 aliphatic rings. The lowest BCUT2D eigenvalue weighted by Crippen LogP contribution is -2.42. The molecule has 2 aliphatic carbocycles. The molecule has 0 aromatic rings. The molecule has 1 atom stereocenters. The molecule has 0 aromatic heterocycles. The van der Waals surface area contributed by atoms with Crippen molar-refractivity contribution in [3.05, 3.63) is 0 Å². The highest BCUT2D eigenvalue weighted by molar-refractivity contribution is 5.88. The van der Waals surface area contributed by atoms with Gasteiger partial charge in [0, 0.05) is 5.92 Å². The fourth-order valence-electron chi connectivity index (χ4n) is 3.02. The largest absolute Gasteiger partial charge is 0.480 e. The number of carbonyl (C=O) groups excluding carboxylic acids is 1. The van der Waals surface area contributed by atoms with Gasteiger partial charge in [0.15, 0.2) is 0 Å². The second kappa shape index (κ2) is 3.97. The monoisotopic (exact) mass is 253 g/mol. The van der Waals surface area contributed by atoms with Crippen LogP contribution in [-0.2, 0) is 9.59 Å². The smallest absolute Gasteiger partial charge is 0.326 e. The molecule has 0 spiro atoms. The molecular formula is C14H23NO3. The Balaban J connectivity index is 1.95. The summed E-state index contributed by atoms with van der Waals surface area (Å²) in [6, 6.07) is -0.711. The quantitative estimate of drug-likeness (QED) is 0.788. The number of amides is 1. The molecule has 0 radical (unpaired) electrons. The van der Waals surface area contributed by atoms with Gasteiger partial charge in [0.1, 0.15) is 6.04 Å². The molecule has 2 rings (SSSR count). The number of carboxylic acids is 1. The lowest BCUT2D eigenvalue weighted by Gasteiger charge is -2.14. The molecule has 2 fully saturated rings. The normalized spacial score (nSPS) is 26.4. The van der Waals surface area contributed by atoms with E-state index in [1.807, 2.05) is 0 Å². The fourth-order valence-corrected chi connectivity index (χ4v) is 3.02. The van der Waals surface area contributed by atoms with Gasteiger partial charge >= 0.3 is 5.97 Å². The average Bonchev–Trinajstić information content (AvgIpc) is 3.05. The van der Waals surface area contributed by atoms with Gasteiger partial charge in [-0.05, 0) is 23.2 Å². The lowest BCUT2D eigenvalue weighted by atomic mass is 10.0. The van der Waals surface area contributed by atoms with E-state index in [9.17, 15) is 9.59 Å². The first-order chi connectivity index (χ1) is 8.18. The minimum Gasteiger partial charge on any atom is -0.480 e. The number of carboxylic acid groups (broad SMARTS) is 1. The van der Waals surface area contributed by atoms with Gasteiger partial charge in [-0.2, -0.15) is 0 Å². The van der Waals surface area contributed by atoms with Gasteiger partial charge in [-0.25, -0.2) is 4.79 Å². The summed E-state index contributed by atoms with van der Waals surface area (Å²) in [6.45, 7) is 8.25. The molecule has 4 heteroatoms. The summed E-state index contributed by atoms with van der Waals surface area (Å²) in [5.74, 6) is -0.595. The molecule has 1 unspecified atom stereocenters. The van der Waals surface area contributed by atoms with Crippen LogP contribution in [0.4, 0.5) is 0 Å². The predicted octanol–water partition coefficient (Wildman–Crippen LogP) is 2.04. The van der Waals surface area contributed by atoms with E-state index in [2.05, 4.69) is 33.0 Å². The zero-order chi connectivity index (χ0) is 13.7. The van der Waals surface area contributed by atoms with E-state index in [1.165, 1.54) is 0 Å². The molecule has 0 bridgehead atoms. The molecule has 0 heterocycles. The Kier molecular flexibility index (Phi) is 2.95. The lowest BCUT2D eigenvalue weighted by molar-refractivity contribution is -0.142. The van der Waals surface area contributed by atoms with Crippen LogP contribution in [0.15, 0.2) is 0 Å². The van der Waals surface area contributed by atoms with Crippen molar-refractivity contribution in [1.82, 2.24) is 5.32 Å². The first-order valence-corrected chi connectivity index (χ1v) is 6.71. The molecule has 102 valence electrons. The van der Waals surface area contributed by atoms with Crippen LogP contribution in [0.2, 0.25) is 0 Å². The SMILES string of the molecule is CC1(C)C(C(=O)NC(CC2CC2)C(=O)O)C1(C)C. The van der Waals surface area contributed by atoms with Crippen molar-refractivity contribution in [2.45, 2.75) is 53.0 Å². The van der Waals surface area contributed by atoms with Gasteiger partial charge in [-0.1, -0.05) is 40.5 Å². The van der Waals surface area contributed by atoms with E-state index < -0.39 is 12.0 Å². The number of hydrogen-bond donors (Lipinski definition) is 2. The third-order valence-electron chi connectivity index (χ3n) is 5.16. The summed E-state index contributed by atoms with van der Waals surface area (Å²) in [7, 11) is 0. The van der Waals surface area contributed by atoms with Crippen LogP contribution in [0.1, 0.15) is 47.0 Å². The average molecular weight is 253 g/mol. The van der Waals surface area contributed by atoms with Crippen molar-refractivity contribution in [3.8, 4) is 0 Å². The third kappa shape index (κ3) is 2.13. The van der Waals surface area contributed by atoms with Crippen molar-refractivity contribution in [1.29, 1.82) is 0 Å². The number of nitrogens with one attached hydrogen (secondary N) is 1. The first kappa shape index (κ1) is 13.4. The predicted molar refractivity (Wildman–Crippen MR) is 68.0 cm³/mol. The highest BCUT2D eigenvalue weighted by Crippen LogP contribution is 2.68. The second-order valence-corrected chi connectivity index (χ2v) is 6.95. The Labute approximate surface area is 108 Å². The van der Waals surface area contributed by atoms with Crippen LogP contribution >= 0.6 is 0 Å². The molecule has 1 amide bonds. The Morgan fingerprint density at radius 3 is 2.06 bits per heavy atom. The first-order valence-electron chi connectivity index (χ1n) is 6.71. The van der Waals surface area contributed by atoms with E-state index in [0.29, 0.717) is 12.3 Å². The molecule has 0 aliphatic heterocycles. The summed E-state index contributed by atoms with van der Waals surface area (Å²) in [5, 5.41) is 11.9. The van der Waals surface area contributed by atoms with Gasteiger partial charge in [0.05, 0.1) is 0 Å². The van der Waals surface area contributed by atoms with E-state index in [-0.39, 0.29) is 22.7 Å². The van der Waals surface area contributed by atoms with Gasteiger partial charge in [-0.3, -0.25) is 4.79 Å². The molecule has 0 aromatic carbocycles. The Hall–Kier alpha value is -1.06. The number of hydrogen-bond acceptors (Lipinski definition) is 2. The fraction of sp³-hybridized carbons (Fsp3) is 0.857. The van der Waals surface area contributed by atoms with Crippen molar-refractivity contribution in [2.75, 3.05) is 0 Å². The third-order valence-corrected chi connectivity index (χ3v) is 5.16. The van der Waals surface area contributed by atoms with Crippen LogP contribution in [-0.4, -0.2) is 23.0 Å². The van der Waals surface area contributed by atoms with Gasteiger partial charge in [0.2, 0.25) is 5.91 Å². The molecule has 4 nitrogen and oxygen atoms in total. The zero-order valence-electron chi connectivity index (χ0n) is 11.6. The molecular weight excluding hydrogens is 230 g/mol. The standard InChI is InChI=1S/C14H23NO3/c1-13(2)10(14(13,3)4)11(16)15-9(12(17)18)7-8-5-6-8/h8-10H,5-7H2,1-4H3,(H,15,16)(H,17,18). The highest BCUT2D eigenvalue weighted by atomic mass is 16.4. The maximum absolute atomic E-state index is 12.2. The van der Waals surface area contributed by atoms with Crippen molar-refractivity contribution in [3.63, 3.8) is 0 Å². The van der Waals surface area contributed by atoms with E-state index in [1.54, 1.807) is 0 Å². The Bertz CT molecular complexity index is 369. The summed E-state index contributed by atoms with van der Waals surface area (Å²) in [6.07, 6.45) is 2.77. The topological polar surface area (TPSA) is 66.4 Å². The van der Waals surface area contributed by atoms with Gasteiger partial charge in [0.25, 0.3) is 0 Å². The Morgan fingerprint density at radius 1 is 1.22 bits per heavy atom. The number of aliphatic carboxylic acids is 1. The van der Waals surface area contributed by atoms with Crippen LogP contribution in [0.5, 0.6) is 0 Å². The molecule has 2 N–H and O–H groups in total. The summed E-state index contributed by atoms with van der Waals surface area (Å²) in [5.41, 5.74) is -0.0839. The van der Waals surface area contributed by atoms with Crippen molar-refractivity contribution in [2.24, 2.45) is 22.7 Å². The van der Waals surface area contributed by atoms with Crippen molar-refractivity contribution < 1.29 is 14.7 Å². The second-order valence-electron chi connectivity index (χ2n) is 6.95. The van der Waals surface area contributed by atoms with E-state index in [0.717, 1.165) is 12.8 Å².